The zero-order chi connectivity index (χ0) is 19.4. The van der Waals surface area contributed by atoms with Gasteiger partial charge in [0.15, 0.2) is 4.80 Å². The van der Waals surface area contributed by atoms with E-state index < -0.39 is 4.92 Å². The van der Waals surface area contributed by atoms with Crippen molar-refractivity contribution in [1.82, 2.24) is 4.57 Å². The Morgan fingerprint density at radius 1 is 1.33 bits per heavy atom. The Morgan fingerprint density at radius 2 is 2.15 bits per heavy atom. The largest absolute Gasteiger partial charge is 0.380 e. The van der Waals surface area contributed by atoms with Gasteiger partial charge in [-0.3, -0.25) is 14.9 Å². The van der Waals surface area contributed by atoms with Gasteiger partial charge in [-0.25, -0.2) is 0 Å². The zero-order valence-electron chi connectivity index (χ0n) is 14.4. The molecule has 27 heavy (non-hydrogen) atoms. The number of nitrogens with zero attached hydrogens (tertiary/aromatic N) is 3. The number of nitro groups is 1. The van der Waals surface area contributed by atoms with Gasteiger partial charge >= 0.3 is 0 Å². The van der Waals surface area contributed by atoms with E-state index in [2.05, 4.69) is 4.99 Å². The van der Waals surface area contributed by atoms with Crippen LogP contribution in [-0.4, -0.2) is 28.6 Å². The van der Waals surface area contributed by atoms with Crippen LogP contribution >= 0.6 is 34.3 Å². The Morgan fingerprint density at radius 3 is 2.81 bits per heavy atom. The smallest absolute Gasteiger partial charge is 0.271 e. The molecule has 0 bridgehead atoms. The third-order valence-corrected chi connectivity index (χ3v) is 6.00. The van der Waals surface area contributed by atoms with Crippen LogP contribution in [0.1, 0.15) is 11.8 Å². The number of rotatable bonds is 7. The SMILES string of the molecule is CCOCCn1c(=NC(=O)Cc2ccc(Cl)s2)sc2ccc([N+](=O)[O-])cc21. The quantitative estimate of drug-likeness (QED) is 0.325. The van der Waals surface area contributed by atoms with E-state index >= 15 is 0 Å². The van der Waals surface area contributed by atoms with Gasteiger partial charge in [-0.05, 0) is 25.1 Å². The fourth-order valence-electron chi connectivity index (χ4n) is 2.51. The molecule has 0 unspecified atom stereocenters. The van der Waals surface area contributed by atoms with Gasteiger partial charge in [-0.2, -0.15) is 4.99 Å². The van der Waals surface area contributed by atoms with Crippen LogP contribution in [0.4, 0.5) is 5.69 Å². The van der Waals surface area contributed by atoms with Crippen molar-refractivity contribution < 1.29 is 14.5 Å². The van der Waals surface area contributed by atoms with Crippen molar-refractivity contribution in [2.24, 2.45) is 4.99 Å². The van der Waals surface area contributed by atoms with Gasteiger partial charge in [0.25, 0.3) is 11.6 Å². The first-order valence-corrected chi connectivity index (χ1v) is 10.2. The Balaban J connectivity index is 1.99. The third-order valence-electron chi connectivity index (χ3n) is 3.71. The number of carbonyl (C=O) groups excluding carboxylic acids is 1. The summed E-state index contributed by atoms with van der Waals surface area (Å²) >= 11 is 8.56. The summed E-state index contributed by atoms with van der Waals surface area (Å²) in [4.78, 5) is 28.6. The Bertz CT molecular complexity index is 1050. The van der Waals surface area contributed by atoms with Gasteiger partial charge < -0.3 is 9.30 Å². The van der Waals surface area contributed by atoms with Gasteiger partial charge in [0.2, 0.25) is 0 Å². The van der Waals surface area contributed by atoms with E-state index in [1.54, 1.807) is 22.8 Å². The molecule has 0 atom stereocenters. The lowest BCUT2D eigenvalue weighted by atomic mass is 10.3. The average Bonchev–Trinajstić information content (AvgIpc) is 3.18. The molecule has 2 heterocycles. The van der Waals surface area contributed by atoms with E-state index in [0.717, 1.165) is 9.58 Å². The predicted molar refractivity (Wildman–Crippen MR) is 107 cm³/mol. The van der Waals surface area contributed by atoms with Crippen molar-refractivity contribution in [1.29, 1.82) is 0 Å². The molecule has 0 radical (unpaired) electrons. The highest BCUT2D eigenvalue weighted by Crippen LogP contribution is 2.24. The second-order valence-electron chi connectivity index (χ2n) is 5.53. The summed E-state index contributed by atoms with van der Waals surface area (Å²) < 4.78 is 8.64. The Kier molecular flexibility index (Phi) is 6.38. The number of nitro benzene ring substituents is 1. The average molecular weight is 426 g/mol. The van der Waals surface area contributed by atoms with Crippen LogP contribution in [0.2, 0.25) is 4.34 Å². The minimum atomic E-state index is -0.438. The molecule has 3 rings (SSSR count). The first-order valence-electron chi connectivity index (χ1n) is 8.15. The molecule has 0 fully saturated rings. The second kappa shape index (κ2) is 8.75. The number of ether oxygens (including phenoxy) is 1. The molecule has 1 amide bonds. The lowest BCUT2D eigenvalue weighted by Crippen LogP contribution is -2.20. The number of hydrogen-bond donors (Lipinski definition) is 0. The molecule has 142 valence electrons. The number of thiophene rings is 1. The van der Waals surface area contributed by atoms with Crippen LogP contribution in [0.25, 0.3) is 10.2 Å². The summed E-state index contributed by atoms with van der Waals surface area (Å²) in [7, 11) is 0. The van der Waals surface area contributed by atoms with E-state index in [-0.39, 0.29) is 18.0 Å². The van der Waals surface area contributed by atoms with Crippen LogP contribution in [0.3, 0.4) is 0 Å². The number of thiazole rings is 1. The highest BCUT2D eigenvalue weighted by atomic mass is 35.5. The number of non-ortho nitro benzene ring substituents is 1. The number of halogens is 1. The minimum Gasteiger partial charge on any atom is -0.380 e. The van der Waals surface area contributed by atoms with E-state index in [0.29, 0.717) is 34.4 Å². The molecule has 1 aromatic carbocycles. The first kappa shape index (κ1) is 19.7. The van der Waals surface area contributed by atoms with Crippen molar-refractivity contribution >= 4 is 56.1 Å². The molecule has 3 aromatic rings. The monoisotopic (exact) mass is 425 g/mol. The fourth-order valence-corrected chi connectivity index (χ4v) is 4.65. The number of benzene rings is 1. The van der Waals surface area contributed by atoms with Crippen molar-refractivity contribution in [2.75, 3.05) is 13.2 Å². The standard InChI is InChI=1S/C17H16ClN3O4S2/c1-2-25-8-7-20-13-9-11(21(23)24)3-5-14(13)27-17(20)19-16(22)10-12-4-6-15(18)26-12/h3-6,9H,2,7-8,10H2,1H3. The lowest BCUT2D eigenvalue weighted by Gasteiger charge is -2.05. The second-order valence-corrected chi connectivity index (χ2v) is 8.34. The van der Waals surface area contributed by atoms with Gasteiger partial charge in [0.1, 0.15) is 0 Å². The molecule has 0 N–H and O–H groups in total. The summed E-state index contributed by atoms with van der Waals surface area (Å²) in [6.45, 7) is 3.33. The minimum absolute atomic E-state index is 0.00318. The number of fused-ring (bicyclic) bond motifs is 1. The molecule has 0 aliphatic heterocycles. The third kappa shape index (κ3) is 4.81. The highest BCUT2D eigenvalue weighted by Gasteiger charge is 2.13. The summed E-state index contributed by atoms with van der Waals surface area (Å²) in [6, 6.07) is 8.18. The summed E-state index contributed by atoms with van der Waals surface area (Å²) in [6.07, 6.45) is 0.164. The van der Waals surface area contributed by atoms with Crippen LogP contribution < -0.4 is 4.80 Å². The molecule has 0 aliphatic carbocycles. The molecule has 7 nitrogen and oxygen atoms in total. The van der Waals surface area contributed by atoms with Crippen LogP contribution in [0.5, 0.6) is 0 Å². The maximum absolute atomic E-state index is 12.4. The summed E-state index contributed by atoms with van der Waals surface area (Å²) in [5.41, 5.74) is 0.663. The molecule has 0 saturated carbocycles. The molecular weight excluding hydrogens is 410 g/mol. The molecule has 10 heteroatoms. The number of hydrogen-bond acceptors (Lipinski definition) is 6. The van der Waals surface area contributed by atoms with Gasteiger partial charge in [0.05, 0.1) is 32.5 Å². The predicted octanol–water partition coefficient (Wildman–Crippen LogP) is 4.03. The molecule has 2 aromatic heterocycles. The summed E-state index contributed by atoms with van der Waals surface area (Å²) in [5.74, 6) is -0.292. The van der Waals surface area contributed by atoms with E-state index in [4.69, 9.17) is 16.3 Å². The topological polar surface area (TPSA) is 86.7 Å². The van der Waals surface area contributed by atoms with Crippen LogP contribution in [0.15, 0.2) is 35.3 Å². The van der Waals surface area contributed by atoms with Gasteiger partial charge in [-0.1, -0.05) is 22.9 Å². The number of carbonyl (C=O) groups is 1. The molecule has 0 spiro atoms. The highest BCUT2D eigenvalue weighted by molar-refractivity contribution is 7.16. The first-order chi connectivity index (χ1) is 13.0. The zero-order valence-corrected chi connectivity index (χ0v) is 16.8. The van der Waals surface area contributed by atoms with Crippen molar-refractivity contribution in [3.8, 4) is 0 Å². The van der Waals surface area contributed by atoms with Crippen LogP contribution in [0, 0.1) is 10.1 Å². The van der Waals surface area contributed by atoms with E-state index in [1.807, 2.05) is 6.92 Å². The maximum Gasteiger partial charge on any atom is 0.271 e. The number of amides is 1. The maximum atomic E-state index is 12.4. The molecular formula is C17H16ClN3O4S2. The van der Waals surface area contributed by atoms with Crippen molar-refractivity contribution in [3.63, 3.8) is 0 Å². The fraction of sp³-hybridized carbons (Fsp3) is 0.294. The van der Waals surface area contributed by atoms with Gasteiger partial charge in [-0.15, -0.1) is 11.3 Å². The van der Waals surface area contributed by atoms with E-state index in [9.17, 15) is 14.9 Å². The lowest BCUT2D eigenvalue weighted by molar-refractivity contribution is -0.384. The van der Waals surface area contributed by atoms with Gasteiger partial charge in [0, 0.05) is 30.2 Å². The molecule has 0 saturated heterocycles. The van der Waals surface area contributed by atoms with E-state index in [1.165, 1.54) is 34.8 Å². The van der Waals surface area contributed by atoms with Crippen molar-refractivity contribution in [3.05, 3.63) is 54.5 Å². The Labute approximate surface area is 167 Å². The normalized spacial score (nSPS) is 12.0. The Hall–Kier alpha value is -2.07. The van der Waals surface area contributed by atoms with Crippen molar-refractivity contribution in [2.45, 2.75) is 19.9 Å². The van der Waals surface area contributed by atoms with Crippen LogP contribution in [-0.2, 0) is 22.5 Å². The summed E-state index contributed by atoms with van der Waals surface area (Å²) in [5, 5.41) is 11.1. The molecule has 0 aliphatic rings. The number of aromatic nitrogens is 1.